The molecule has 0 saturated carbocycles. The van der Waals surface area contributed by atoms with Crippen molar-refractivity contribution in [2.45, 2.75) is 13.8 Å². The second-order valence-corrected chi connectivity index (χ2v) is 7.82. The molecule has 0 saturated heterocycles. The van der Waals surface area contributed by atoms with Gasteiger partial charge in [-0.05, 0) is 67.4 Å². The van der Waals surface area contributed by atoms with E-state index < -0.39 is 0 Å². The van der Waals surface area contributed by atoms with Crippen molar-refractivity contribution in [2.24, 2.45) is 0 Å². The van der Waals surface area contributed by atoms with Crippen molar-refractivity contribution < 1.29 is 0 Å². The summed E-state index contributed by atoms with van der Waals surface area (Å²) in [4.78, 5) is 9.67. The van der Waals surface area contributed by atoms with Gasteiger partial charge in [0.05, 0.1) is 22.1 Å². The molecule has 0 aliphatic rings. The van der Waals surface area contributed by atoms with E-state index in [1.54, 1.807) is 0 Å². The van der Waals surface area contributed by atoms with Crippen molar-refractivity contribution in [3.63, 3.8) is 0 Å². The maximum Gasteiger partial charge on any atom is 0.138 e. The van der Waals surface area contributed by atoms with Crippen LogP contribution in [-0.4, -0.2) is 14.4 Å². The quantitative estimate of drug-likeness (QED) is 0.366. The molecule has 0 spiro atoms. The normalized spacial score (nSPS) is 11.7. The molecule has 0 aliphatic carbocycles. The summed E-state index contributed by atoms with van der Waals surface area (Å²) in [6.07, 6.45) is 0. The Morgan fingerprint density at radius 3 is 2.33 bits per heavy atom. The molecule has 4 nitrogen and oxygen atoms in total. The summed E-state index contributed by atoms with van der Waals surface area (Å²) in [6, 6.07) is 27.3. The molecule has 0 radical (unpaired) electrons. The fourth-order valence-electron chi connectivity index (χ4n) is 4.36. The SMILES string of the molecule is Cc1cc(Nc2ccc3c(c2)nc2cc(C)c4ccccc4n23)nc2ccccc12. The Hall–Kier alpha value is -3.92. The molecule has 0 bridgehead atoms. The average Bonchev–Trinajstić information content (AvgIpc) is 3.11. The molecular formula is C26H20N4. The van der Waals surface area contributed by atoms with Crippen molar-refractivity contribution >= 4 is 50.0 Å². The van der Waals surface area contributed by atoms with Gasteiger partial charge in [0.2, 0.25) is 0 Å². The Kier molecular flexibility index (Phi) is 3.56. The molecule has 6 rings (SSSR count). The van der Waals surface area contributed by atoms with Crippen LogP contribution in [-0.2, 0) is 0 Å². The summed E-state index contributed by atoms with van der Waals surface area (Å²) in [5.41, 5.74) is 8.65. The fourth-order valence-corrected chi connectivity index (χ4v) is 4.36. The van der Waals surface area contributed by atoms with Gasteiger partial charge in [-0.25, -0.2) is 9.97 Å². The van der Waals surface area contributed by atoms with Gasteiger partial charge in [-0.1, -0.05) is 36.4 Å². The van der Waals surface area contributed by atoms with E-state index in [4.69, 9.17) is 9.97 Å². The maximum absolute atomic E-state index is 4.90. The minimum Gasteiger partial charge on any atom is -0.340 e. The lowest BCUT2D eigenvalue weighted by Gasteiger charge is -2.09. The number of aromatic nitrogens is 3. The first-order valence-electron chi connectivity index (χ1n) is 10.1. The highest BCUT2D eigenvalue weighted by molar-refractivity contribution is 5.93. The molecule has 1 N–H and O–H groups in total. The Morgan fingerprint density at radius 1 is 0.667 bits per heavy atom. The van der Waals surface area contributed by atoms with E-state index in [2.05, 4.69) is 84.2 Å². The van der Waals surface area contributed by atoms with Crippen LogP contribution in [0.5, 0.6) is 0 Å². The largest absolute Gasteiger partial charge is 0.340 e. The fraction of sp³-hybridized carbons (Fsp3) is 0.0769. The van der Waals surface area contributed by atoms with Crippen molar-refractivity contribution in [3.05, 3.63) is 90.0 Å². The van der Waals surface area contributed by atoms with E-state index in [0.717, 1.165) is 33.7 Å². The lowest BCUT2D eigenvalue weighted by molar-refractivity contribution is 1.28. The van der Waals surface area contributed by atoms with E-state index in [9.17, 15) is 0 Å². The standard InChI is InChI=1S/C26H20N4/c1-16-13-25(28-21-9-5-3-7-19(16)21)27-18-11-12-24-22(15-18)29-26-14-17(2)20-8-4-6-10-23(20)30(24)26/h3-15H,1-2H3,(H,27,28). The van der Waals surface area contributed by atoms with Crippen LogP contribution >= 0.6 is 0 Å². The minimum atomic E-state index is 0.843. The summed E-state index contributed by atoms with van der Waals surface area (Å²) in [6.45, 7) is 4.26. The predicted octanol–water partition coefficient (Wildman–Crippen LogP) is 6.55. The zero-order valence-corrected chi connectivity index (χ0v) is 16.8. The van der Waals surface area contributed by atoms with Gasteiger partial charge < -0.3 is 5.32 Å². The zero-order chi connectivity index (χ0) is 20.2. The van der Waals surface area contributed by atoms with Gasteiger partial charge in [-0.15, -0.1) is 0 Å². The number of aryl methyl sites for hydroxylation is 2. The van der Waals surface area contributed by atoms with Crippen molar-refractivity contribution in [2.75, 3.05) is 5.32 Å². The monoisotopic (exact) mass is 388 g/mol. The third-order valence-electron chi connectivity index (χ3n) is 5.79. The number of anilines is 2. The van der Waals surface area contributed by atoms with Crippen LogP contribution in [0, 0.1) is 13.8 Å². The third kappa shape index (κ3) is 2.54. The third-order valence-corrected chi connectivity index (χ3v) is 5.79. The van der Waals surface area contributed by atoms with E-state index in [0.29, 0.717) is 0 Å². The van der Waals surface area contributed by atoms with Crippen LogP contribution in [0.1, 0.15) is 11.1 Å². The summed E-state index contributed by atoms with van der Waals surface area (Å²) < 4.78 is 2.24. The average molecular weight is 388 g/mol. The first-order chi connectivity index (χ1) is 14.7. The van der Waals surface area contributed by atoms with E-state index in [1.807, 2.05) is 18.2 Å². The molecule has 0 fully saturated rings. The highest BCUT2D eigenvalue weighted by Crippen LogP contribution is 2.29. The molecule has 6 aromatic rings. The summed E-state index contributed by atoms with van der Waals surface area (Å²) in [7, 11) is 0. The van der Waals surface area contributed by atoms with Crippen LogP contribution < -0.4 is 5.32 Å². The van der Waals surface area contributed by atoms with Crippen LogP contribution in [0.25, 0.3) is 38.5 Å². The van der Waals surface area contributed by atoms with Gasteiger partial charge >= 0.3 is 0 Å². The number of nitrogens with one attached hydrogen (secondary N) is 1. The Bertz CT molecular complexity index is 1590. The topological polar surface area (TPSA) is 42.2 Å². The van der Waals surface area contributed by atoms with Crippen LogP contribution in [0.4, 0.5) is 11.5 Å². The zero-order valence-electron chi connectivity index (χ0n) is 16.8. The Balaban J connectivity index is 1.49. The number of benzene rings is 3. The van der Waals surface area contributed by atoms with Gasteiger partial charge in [-0.3, -0.25) is 4.40 Å². The van der Waals surface area contributed by atoms with Gasteiger partial charge in [-0.2, -0.15) is 0 Å². The first kappa shape index (κ1) is 17.0. The number of para-hydroxylation sites is 2. The lowest BCUT2D eigenvalue weighted by Crippen LogP contribution is -1.95. The van der Waals surface area contributed by atoms with E-state index >= 15 is 0 Å². The smallest absolute Gasteiger partial charge is 0.138 e. The molecule has 0 atom stereocenters. The number of fused-ring (bicyclic) bond motifs is 6. The molecule has 30 heavy (non-hydrogen) atoms. The summed E-state index contributed by atoms with van der Waals surface area (Å²) in [5, 5.41) is 5.90. The Labute approximate surface area is 173 Å². The first-order valence-corrected chi connectivity index (χ1v) is 10.1. The van der Waals surface area contributed by atoms with E-state index in [1.165, 1.54) is 27.4 Å². The molecule has 0 unspecified atom stereocenters. The van der Waals surface area contributed by atoms with E-state index in [-0.39, 0.29) is 0 Å². The van der Waals surface area contributed by atoms with Gasteiger partial charge in [0.1, 0.15) is 11.5 Å². The molecule has 3 aromatic heterocycles. The van der Waals surface area contributed by atoms with Gasteiger partial charge in [0.25, 0.3) is 0 Å². The second kappa shape index (κ2) is 6.29. The molecular weight excluding hydrogens is 368 g/mol. The molecule has 3 heterocycles. The lowest BCUT2D eigenvalue weighted by atomic mass is 10.1. The number of nitrogens with zero attached hydrogens (tertiary/aromatic N) is 3. The van der Waals surface area contributed by atoms with Crippen molar-refractivity contribution in [1.29, 1.82) is 0 Å². The van der Waals surface area contributed by atoms with Gasteiger partial charge in [0.15, 0.2) is 0 Å². The molecule has 0 amide bonds. The number of hydrogen-bond donors (Lipinski definition) is 1. The number of hydrogen-bond acceptors (Lipinski definition) is 3. The minimum absolute atomic E-state index is 0.843. The highest BCUT2D eigenvalue weighted by Gasteiger charge is 2.11. The highest BCUT2D eigenvalue weighted by atomic mass is 15.0. The summed E-state index contributed by atoms with van der Waals surface area (Å²) >= 11 is 0. The van der Waals surface area contributed by atoms with Gasteiger partial charge in [0, 0.05) is 16.5 Å². The Morgan fingerprint density at radius 2 is 1.43 bits per heavy atom. The summed E-state index contributed by atoms with van der Waals surface area (Å²) in [5.74, 6) is 0.843. The van der Waals surface area contributed by atoms with Crippen LogP contribution in [0.15, 0.2) is 78.9 Å². The predicted molar refractivity (Wildman–Crippen MR) is 125 cm³/mol. The molecule has 3 aromatic carbocycles. The van der Waals surface area contributed by atoms with Crippen molar-refractivity contribution in [3.8, 4) is 0 Å². The molecule has 144 valence electrons. The van der Waals surface area contributed by atoms with Crippen LogP contribution in [0.3, 0.4) is 0 Å². The number of rotatable bonds is 2. The molecule has 4 heteroatoms. The van der Waals surface area contributed by atoms with Crippen molar-refractivity contribution in [1.82, 2.24) is 14.4 Å². The van der Waals surface area contributed by atoms with Crippen LogP contribution in [0.2, 0.25) is 0 Å². The molecule has 0 aliphatic heterocycles. The second-order valence-electron chi connectivity index (χ2n) is 7.82. The number of imidazole rings is 1. The number of pyridine rings is 2. The maximum atomic E-state index is 4.90.